The van der Waals surface area contributed by atoms with Crippen LogP contribution in [-0.2, 0) is 0 Å². The van der Waals surface area contributed by atoms with Gasteiger partial charge < -0.3 is 10.4 Å². The third-order valence-corrected chi connectivity index (χ3v) is 1.10. The van der Waals surface area contributed by atoms with E-state index in [4.69, 9.17) is 5.11 Å². The van der Waals surface area contributed by atoms with E-state index in [1.165, 1.54) is 0 Å². The molecule has 0 aliphatic heterocycles. The number of rotatable bonds is 3. The van der Waals surface area contributed by atoms with Gasteiger partial charge in [-0.3, -0.25) is 0 Å². The van der Waals surface area contributed by atoms with Crippen molar-refractivity contribution in [2.24, 2.45) is 5.41 Å². The van der Waals surface area contributed by atoms with Gasteiger partial charge in [0.2, 0.25) is 0 Å². The minimum atomic E-state index is -0.234. The highest BCUT2D eigenvalue weighted by Crippen LogP contribution is 2.09. The smallest absolute Gasteiger partial charge is 0.0636 e. The summed E-state index contributed by atoms with van der Waals surface area (Å²) in [5, 5.41) is 12.1. The summed E-state index contributed by atoms with van der Waals surface area (Å²) in [5.74, 6) is 0. The zero-order valence-corrected chi connectivity index (χ0v) is 8.66. The molecule has 2 nitrogen and oxygen atoms in total. The Morgan fingerprint density at radius 1 is 1.36 bits per heavy atom. The Hall–Kier alpha value is 0.210. The highest BCUT2D eigenvalue weighted by Gasteiger charge is 2.08. The average molecular weight is 182 g/mol. The second-order valence-corrected chi connectivity index (χ2v) is 4.04. The standard InChI is InChI=1S/C8H19NO.ClH/c1-7(10)5-9-6-8(2,3)4;/h7,9-10H,5-6H2,1-4H3;1H. The van der Waals surface area contributed by atoms with Gasteiger partial charge in [0.1, 0.15) is 0 Å². The van der Waals surface area contributed by atoms with E-state index in [9.17, 15) is 0 Å². The number of aliphatic hydroxyl groups excluding tert-OH is 1. The number of nitrogens with one attached hydrogen (secondary N) is 1. The average Bonchev–Trinajstić information content (AvgIpc) is 1.59. The Morgan fingerprint density at radius 3 is 2.09 bits per heavy atom. The van der Waals surface area contributed by atoms with E-state index in [0.717, 1.165) is 6.54 Å². The van der Waals surface area contributed by atoms with Crippen LogP contribution >= 0.6 is 12.4 Å². The minimum absolute atomic E-state index is 0. The molecule has 2 N–H and O–H groups in total. The molecule has 0 aromatic heterocycles. The van der Waals surface area contributed by atoms with Crippen molar-refractivity contribution in [2.75, 3.05) is 13.1 Å². The van der Waals surface area contributed by atoms with E-state index in [0.29, 0.717) is 12.0 Å². The minimum Gasteiger partial charge on any atom is -0.392 e. The highest BCUT2D eigenvalue weighted by atomic mass is 35.5. The molecular formula is C8H20ClNO. The number of hydrogen-bond acceptors (Lipinski definition) is 2. The fourth-order valence-corrected chi connectivity index (χ4v) is 0.656. The lowest BCUT2D eigenvalue weighted by molar-refractivity contribution is 0.186. The van der Waals surface area contributed by atoms with Gasteiger partial charge in [0.25, 0.3) is 0 Å². The largest absolute Gasteiger partial charge is 0.392 e. The number of hydrogen-bond donors (Lipinski definition) is 2. The molecule has 11 heavy (non-hydrogen) atoms. The van der Waals surface area contributed by atoms with Crippen molar-refractivity contribution in [2.45, 2.75) is 33.8 Å². The first-order valence-electron chi connectivity index (χ1n) is 3.80. The summed E-state index contributed by atoms with van der Waals surface area (Å²) < 4.78 is 0. The molecule has 0 aliphatic carbocycles. The maximum absolute atomic E-state index is 8.89. The quantitative estimate of drug-likeness (QED) is 0.691. The van der Waals surface area contributed by atoms with Crippen LogP contribution in [0.1, 0.15) is 27.7 Å². The van der Waals surface area contributed by atoms with Crippen LogP contribution in [-0.4, -0.2) is 24.3 Å². The Balaban J connectivity index is 0. The molecule has 0 fully saturated rings. The molecule has 0 aromatic rings. The predicted octanol–water partition coefficient (Wildman–Crippen LogP) is 1.42. The maximum atomic E-state index is 8.89. The molecular weight excluding hydrogens is 162 g/mol. The van der Waals surface area contributed by atoms with E-state index < -0.39 is 0 Å². The molecule has 0 spiro atoms. The lowest BCUT2D eigenvalue weighted by Gasteiger charge is -2.19. The Morgan fingerprint density at radius 2 is 1.82 bits per heavy atom. The van der Waals surface area contributed by atoms with Crippen LogP contribution < -0.4 is 5.32 Å². The third-order valence-electron chi connectivity index (χ3n) is 1.10. The zero-order valence-electron chi connectivity index (χ0n) is 7.85. The van der Waals surface area contributed by atoms with Crippen molar-refractivity contribution >= 4 is 12.4 Å². The van der Waals surface area contributed by atoms with Crippen LogP contribution in [0.4, 0.5) is 0 Å². The van der Waals surface area contributed by atoms with Crippen LogP contribution in [0.3, 0.4) is 0 Å². The molecule has 0 saturated carbocycles. The predicted molar refractivity (Wildman–Crippen MR) is 51.3 cm³/mol. The lowest BCUT2D eigenvalue weighted by Crippen LogP contribution is -2.32. The van der Waals surface area contributed by atoms with Gasteiger partial charge in [-0.2, -0.15) is 0 Å². The molecule has 1 unspecified atom stereocenters. The molecule has 70 valence electrons. The van der Waals surface area contributed by atoms with Gasteiger partial charge in [-0.25, -0.2) is 0 Å². The molecule has 0 rings (SSSR count). The van der Waals surface area contributed by atoms with Gasteiger partial charge >= 0.3 is 0 Å². The number of halogens is 1. The van der Waals surface area contributed by atoms with Crippen molar-refractivity contribution in [3.05, 3.63) is 0 Å². The van der Waals surface area contributed by atoms with E-state index in [1.54, 1.807) is 6.92 Å². The summed E-state index contributed by atoms with van der Waals surface area (Å²) in [5.41, 5.74) is 0.314. The normalized spacial score (nSPS) is 13.9. The molecule has 0 bridgehead atoms. The molecule has 0 aliphatic rings. The van der Waals surface area contributed by atoms with Crippen molar-refractivity contribution < 1.29 is 5.11 Å². The first-order valence-corrected chi connectivity index (χ1v) is 3.80. The molecule has 0 saturated heterocycles. The summed E-state index contributed by atoms with van der Waals surface area (Å²) in [6, 6.07) is 0. The fraction of sp³-hybridized carbons (Fsp3) is 1.00. The van der Waals surface area contributed by atoms with E-state index in [-0.39, 0.29) is 18.5 Å². The summed E-state index contributed by atoms with van der Waals surface area (Å²) in [6.07, 6.45) is -0.234. The van der Waals surface area contributed by atoms with Crippen molar-refractivity contribution in [1.82, 2.24) is 5.32 Å². The summed E-state index contributed by atoms with van der Waals surface area (Å²) >= 11 is 0. The molecule has 3 heteroatoms. The Kier molecular flexibility index (Phi) is 7.28. The van der Waals surface area contributed by atoms with Crippen molar-refractivity contribution in [3.63, 3.8) is 0 Å². The van der Waals surface area contributed by atoms with Crippen LogP contribution in [0.5, 0.6) is 0 Å². The monoisotopic (exact) mass is 181 g/mol. The second kappa shape index (κ2) is 5.81. The van der Waals surface area contributed by atoms with Crippen molar-refractivity contribution in [3.8, 4) is 0 Å². The van der Waals surface area contributed by atoms with Crippen molar-refractivity contribution in [1.29, 1.82) is 0 Å². The van der Waals surface area contributed by atoms with E-state index in [1.807, 2.05) is 0 Å². The SMILES string of the molecule is CC(O)CNCC(C)(C)C.Cl. The molecule has 0 heterocycles. The summed E-state index contributed by atoms with van der Waals surface area (Å²) in [7, 11) is 0. The van der Waals surface area contributed by atoms with E-state index in [2.05, 4.69) is 26.1 Å². The fourth-order valence-electron chi connectivity index (χ4n) is 0.656. The number of aliphatic hydroxyl groups is 1. The van der Waals surface area contributed by atoms with Gasteiger partial charge in [0.05, 0.1) is 6.10 Å². The highest BCUT2D eigenvalue weighted by molar-refractivity contribution is 5.85. The summed E-state index contributed by atoms with van der Waals surface area (Å²) in [6.45, 7) is 9.94. The van der Waals surface area contributed by atoms with Crippen LogP contribution in [0, 0.1) is 5.41 Å². The van der Waals surface area contributed by atoms with Crippen LogP contribution in [0.15, 0.2) is 0 Å². The first-order chi connectivity index (χ1) is 4.42. The lowest BCUT2D eigenvalue weighted by atomic mass is 9.97. The molecule has 0 amide bonds. The molecule has 0 aromatic carbocycles. The Labute approximate surface area is 75.8 Å². The van der Waals surface area contributed by atoms with Gasteiger partial charge in [-0.1, -0.05) is 20.8 Å². The second-order valence-electron chi connectivity index (χ2n) is 4.04. The van der Waals surface area contributed by atoms with Gasteiger partial charge in [0.15, 0.2) is 0 Å². The topological polar surface area (TPSA) is 32.3 Å². The molecule has 0 radical (unpaired) electrons. The maximum Gasteiger partial charge on any atom is 0.0636 e. The summed E-state index contributed by atoms with van der Waals surface area (Å²) in [4.78, 5) is 0. The van der Waals surface area contributed by atoms with Crippen LogP contribution in [0.25, 0.3) is 0 Å². The molecule has 1 atom stereocenters. The first kappa shape index (κ1) is 13.8. The van der Waals surface area contributed by atoms with Gasteiger partial charge in [0, 0.05) is 13.1 Å². The van der Waals surface area contributed by atoms with Gasteiger partial charge in [-0.15, -0.1) is 12.4 Å². The van der Waals surface area contributed by atoms with Crippen LogP contribution in [0.2, 0.25) is 0 Å². The van der Waals surface area contributed by atoms with E-state index >= 15 is 0 Å². The third kappa shape index (κ3) is 13.2. The zero-order chi connectivity index (χ0) is 8.20. The van der Waals surface area contributed by atoms with Gasteiger partial charge in [-0.05, 0) is 12.3 Å². The Bertz CT molecular complexity index is 88.6.